The van der Waals surface area contributed by atoms with Crippen molar-refractivity contribution in [2.45, 2.75) is 25.9 Å². The molecule has 5 nitrogen and oxygen atoms in total. The van der Waals surface area contributed by atoms with Crippen LogP contribution in [0.25, 0.3) is 0 Å². The molecule has 0 unspecified atom stereocenters. The lowest BCUT2D eigenvalue weighted by atomic mass is 10.2. The molecule has 1 amide bonds. The molecule has 0 radical (unpaired) electrons. The average molecular weight is 250 g/mol. The Labute approximate surface area is 107 Å². The highest BCUT2D eigenvalue weighted by atomic mass is 16.6. The average Bonchev–Trinajstić information content (AvgIpc) is 2.34. The minimum absolute atomic E-state index is 0.0612. The lowest BCUT2D eigenvalue weighted by Gasteiger charge is -2.37. The number of nitrogens with zero attached hydrogens (tertiary/aromatic N) is 2. The quantitative estimate of drug-likeness (QED) is 0.751. The lowest BCUT2D eigenvalue weighted by Crippen LogP contribution is -2.56. The van der Waals surface area contributed by atoms with E-state index >= 15 is 0 Å². The van der Waals surface area contributed by atoms with Gasteiger partial charge in [0.05, 0.1) is 19.7 Å². The van der Waals surface area contributed by atoms with Crippen LogP contribution in [0.1, 0.15) is 19.8 Å². The molecule has 1 aliphatic heterocycles. The van der Waals surface area contributed by atoms with E-state index in [0.717, 1.165) is 18.6 Å². The molecule has 1 aromatic heterocycles. The Kier molecular flexibility index (Phi) is 4.39. The largest absolute Gasteiger partial charge is 0.487 e. The van der Waals surface area contributed by atoms with Crippen LogP contribution in [0.15, 0.2) is 24.5 Å². The number of carbonyl (C=O) groups excluding carboxylic acids is 1. The number of ether oxygens (including phenoxy) is 2. The second-order valence-electron chi connectivity index (χ2n) is 4.30. The molecule has 0 spiro atoms. The van der Waals surface area contributed by atoms with Crippen molar-refractivity contribution >= 4 is 6.09 Å². The van der Waals surface area contributed by atoms with Crippen molar-refractivity contribution in [3.05, 3.63) is 24.5 Å². The summed E-state index contributed by atoms with van der Waals surface area (Å²) in [6, 6.07) is 3.62. The molecule has 0 aliphatic carbocycles. The van der Waals surface area contributed by atoms with Gasteiger partial charge in [-0.1, -0.05) is 13.3 Å². The molecule has 1 aliphatic rings. The first-order chi connectivity index (χ1) is 8.79. The van der Waals surface area contributed by atoms with Gasteiger partial charge < -0.3 is 14.4 Å². The van der Waals surface area contributed by atoms with Crippen LogP contribution in [0.5, 0.6) is 5.75 Å². The highest BCUT2D eigenvalue weighted by Gasteiger charge is 2.33. The standard InChI is InChI=1S/C13H18N2O3/c1-2-3-8-17-13(16)15-9-12(10-15)18-11-4-6-14-7-5-11/h4-7,12H,2-3,8-10H2,1H3. The Bertz CT molecular complexity index is 377. The summed E-state index contributed by atoms with van der Waals surface area (Å²) in [7, 11) is 0. The fourth-order valence-corrected chi connectivity index (χ4v) is 1.67. The molecule has 98 valence electrons. The molecule has 1 fully saturated rings. The molecule has 0 N–H and O–H groups in total. The molecule has 0 aromatic carbocycles. The van der Waals surface area contributed by atoms with Gasteiger partial charge in [-0.25, -0.2) is 4.79 Å². The Morgan fingerprint density at radius 3 is 2.83 bits per heavy atom. The smallest absolute Gasteiger partial charge is 0.410 e. The molecule has 0 atom stereocenters. The molecule has 0 saturated carbocycles. The van der Waals surface area contributed by atoms with Crippen molar-refractivity contribution in [1.82, 2.24) is 9.88 Å². The van der Waals surface area contributed by atoms with Crippen LogP contribution in [0.3, 0.4) is 0 Å². The van der Waals surface area contributed by atoms with E-state index in [-0.39, 0.29) is 12.2 Å². The number of carbonyl (C=O) groups is 1. The first-order valence-electron chi connectivity index (χ1n) is 6.28. The number of hydrogen-bond acceptors (Lipinski definition) is 4. The summed E-state index contributed by atoms with van der Waals surface area (Å²) < 4.78 is 10.8. The summed E-state index contributed by atoms with van der Waals surface area (Å²) in [5.41, 5.74) is 0. The van der Waals surface area contributed by atoms with Gasteiger partial charge >= 0.3 is 6.09 Å². The number of amides is 1. The third kappa shape index (κ3) is 3.35. The van der Waals surface area contributed by atoms with E-state index in [1.54, 1.807) is 17.3 Å². The lowest BCUT2D eigenvalue weighted by molar-refractivity contribution is 0.0108. The minimum atomic E-state index is -0.238. The molecule has 1 aromatic rings. The summed E-state index contributed by atoms with van der Waals surface area (Å²) in [4.78, 5) is 17.1. The fourth-order valence-electron chi connectivity index (χ4n) is 1.67. The molecule has 0 bridgehead atoms. The number of unbranched alkanes of at least 4 members (excludes halogenated alkanes) is 1. The molecule has 5 heteroatoms. The predicted molar refractivity (Wildman–Crippen MR) is 66.5 cm³/mol. The zero-order chi connectivity index (χ0) is 12.8. The number of aromatic nitrogens is 1. The van der Waals surface area contributed by atoms with Gasteiger partial charge in [0.15, 0.2) is 0 Å². The van der Waals surface area contributed by atoms with Gasteiger partial charge in [-0.05, 0) is 18.6 Å². The number of likely N-dealkylation sites (tertiary alicyclic amines) is 1. The van der Waals surface area contributed by atoms with E-state index in [4.69, 9.17) is 9.47 Å². The number of pyridine rings is 1. The maximum absolute atomic E-state index is 11.5. The Hall–Kier alpha value is -1.78. The monoisotopic (exact) mass is 250 g/mol. The van der Waals surface area contributed by atoms with Gasteiger partial charge in [0.25, 0.3) is 0 Å². The van der Waals surface area contributed by atoms with E-state index in [2.05, 4.69) is 11.9 Å². The van der Waals surface area contributed by atoms with Crippen LogP contribution in [-0.4, -0.2) is 41.8 Å². The normalized spacial score (nSPS) is 15.1. The van der Waals surface area contributed by atoms with Crippen molar-refractivity contribution in [3.63, 3.8) is 0 Å². The molecule has 1 saturated heterocycles. The second-order valence-corrected chi connectivity index (χ2v) is 4.30. The van der Waals surface area contributed by atoms with Crippen molar-refractivity contribution in [2.24, 2.45) is 0 Å². The zero-order valence-corrected chi connectivity index (χ0v) is 10.5. The Balaban J connectivity index is 1.66. The highest BCUT2D eigenvalue weighted by Crippen LogP contribution is 2.17. The van der Waals surface area contributed by atoms with E-state index in [1.165, 1.54) is 0 Å². The first-order valence-corrected chi connectivity index (χ1v) is 6.28. The van der Waals surface area contributed by atoms with Crippen molar-refractivity contribution in [3.8, 4) is 5.75 Å². The van der Waals surface area contributed by atoms with Crippen LogP contribution in [0.2, 0.25) is 0 Å². The minimum Gasteiger partial charge on any atom is -0.487 e. The molecule has 18 heavy (non-hydrogen) atoms. The van der Waals surface area contributed by atoms with E-state index in [0.29, 0.717) is 19.7 Å². The Morgan fingerprint density at radius 2 is 2.17 bits per heavy atom. The van der Waals surface area contributed by atoms with Gasteiger partial charge in [-0.2, -0.15) is 0 Å². The molecule has 2 heterocycles. The van der Waals surface area contributed by atoms with Crippen LogP contribution in [0.4, 0.5) is 4.79 Å². The molecule has 2 rings (SSSR count). The van der Waals surface area contributed by atoms with Gasteiger partial charge in [0, 0.05) is 12.4 Å². The summed E-state index contributed by atoms with van der Waals surface area (Å²) in [6.07, 6.45) is 5.14. The predicted octanol–water partition coefficient (Wildman–Crippen LogP) is 2.08. The topological polar surface area (TPSA) is 51.7 Å². The first kappa shape index (κ1) is 12.7. The third-order valence-electron chi connectivity index (χ3n) is 2.78. The van der Waals surface area contributed by atoms with E-state index in [9.17, 15) is 4.79 Å². The van der Waals surface area contributed by atoms with Crippen LogP contribution < -0.4 is 4.74 Å². The van der Waals surface area contributed by atoms with Gasteiger partial charge in [0.2, 0.25) is 0 Å². The zero-order valence-electron chi connectivity index (χ0n) is 10.5. The van der Waals surface area contributed by atoms with E-state index in [1.807, 2.05) is 12.1 Å². The maximum Gasteiger partial charge on any atom is 0.410 e. The second kappa shape index (κ2) is 6.23. The summed E-state index contributed by atoms with van der Waals surface area (Å²) in [5.74, 6) is 0.786. The van der Waals surface area contributed by atoms with Crippen molar-refractivity contribution < 1.29 is 14.3 Å². The fraction of sp³-hybridized carbons (Fsp3) is 0.538. The maximum atomic E-state index is 11.5. The summed E-state index contributed by atoms with van der Waals surface area (Å²) in [5, 5.41) is 0. The Morgan fingerprint density at radius 1 is 1.44 bits per heavy atom. The van der Waals surface area contributed by atoms with Gasteiger partial charge in [-0.15, -0.1) is 0 Å². The van der Waals surface area contributed by atoms with Crippen LogP contribution in [-0.2, 0) is 4.74 Å². The highest BCUT2D eigenvalue weighted by molar-refractivity contribution is 5.68. The summed E-state index contributed by atoms with van der Waals surface area (Å²) >= 11 is 0. The molecular formula is C13H18N2O3. The summed E-state index contributed by atoms with van der Waals surface area (Å²) in [6.45, 7) is 3.75. The van der Waals surface area contributed by atoms with Crippen LogP contribution in [0, 0.1) is 0 Å². The number of hydrogen-bond donors (Lipinski definition) is 0. The SMILES string of the molecule is CCCCOC(=O)N1CC(Oc2ccncc2)C1. The molecular weight excluding hydrogens is 232 g/mol. The van der Waals surface area contributed by atoms with Crippen LogP contribution >= 0.6 is 0 Å². The van der Waals surface area contributed by atoms with Gasteiger partial charge in [0.1, 0.15) is 11.9 Å². The van der Waals surface area contributed by atoms with Crippen molar-refractivity contribution in [1.29, 1.82) is 0 Å². The van der Waals surface area contributed by atoms with Gasteiger partial charge in [-0.3, -0.25) is 4.98 Å². The van der Waals surface area contributed by atoms with E-state index < -0.39 is 0 Å². The third-order valence-corrected chi connectivity index (χ3v) is 2.78. The number of rotatable bonds is 5. The van der Waals surface area contributed by atoms with Crippen molar-refractivity contribution in [2.75, 3.05) is 19.7 Å².